The largest absolute Gasteiger partial charge is 2.00 e. The number of hydrogen-bond donors (Lipinski definition) is 1. The van der Waals surface area contributed by atoms with E-state index in [9.17, 15) is 0 Å². The van der Waals surface area contributed by atoms with Gasteiger partial charge in [-0.05, 0) is 0 Å². The Kier molecular flexibility index (Phi) is 91.7. The number of nitrogens with zero attached hydrogens (tertiary/aromatic N) is 2. The third kappa shape index (κ3) is 537. The Morgan fingerprint density at radius 2 is 0.833 bits per heavy atom. The molecule has 12 heavy (non-hydrogen) atoms. The first-order valence-electron chi connectivity index (χ1n) is 1.10. The van der Waals surface area contributed by atoms with E-state index in [4.69, 9.17) is 30.6 Å². The zero-order chi connectivity index (χ0) is 7.15. The van der Waals surface area contributed by atoms with Crippen molar-refractivity contribution in [2.75, 3.05) is 0 Å². The summed E-state index contributed by atoms with van der Waals surface area (Å²) in [5.74, 6) is 0. The van der Waals surface area contributed by atoms with E-state index < -0.39 is 10.2 Å². The van der Waals surface area contributed by atoms with Crippen LogP contribution in [-0.2, 0) is 0 Å². The standard InChI is InChI=1S/Ca.ClH.K.2NO3.H3N/c;;;2*2-1(3)4;/h;1H;;;;1H3/q+2;;+1;2*-1;/p-1. The molecule has 0 aliphatic heterocycles. The fourth-order valence-electron chi connectivity index (χ4n) is 0. The van der Waals surface area contributed by atoms with Gasteiger partial charge in [0, 0.05) is 0 Å². The Morgan fingerprint density at radius 1 is 0.833 bits per heavy atom. The van der Waals surface area contributed by atoms with Crippen molar-refractivity contribution in [3.05, 3.63) is 30.6 Å². The third-order valence-corrected chi connectivity index (χ3v) is 0. The number of rotatable bonds is 0. The maximum atomic E-state index is 8.25. The fourth-order valence-corrected chi connectivity index (χ4v) is 0. The van der Waals surface area contributed by atoms with Gasteiger partial charge in [0.2, 0.25) is 0 Å². The zero-order valence-corrected chi connectivity index (χ0v) is 12.2. The van der Waals surface area contributed by atoms with Crippen LogP contribution in [0.2, 0.25) is 0 Å². The molecule has 0 aliphatic carbocycles. The quantitative estimate of drug-likeness (QED) is 0.255. The topological polar surface area (TPSA) is 167 Å². The smallest absolute Gasteiger partial charge is 1.00 e. The molecular weight excluding hydrogens is 253 g/mol. The Bertz CT molecular complexity index is 80.8. The molecule has 0 spiro atoms. The van der Waals surface area contributed by atoms with Crippen LogP contribution in [0, 0.1) is 30.6 Å². The van der Waals surface area contributed by atoms with Crippen LogP contribution in [0.5, 0.6) is 0 Å². The molecule has 0 aromatic heterocycles. The summed E-state index contributed by atoms with van der Waals surface area (Å²) in [7, 11) is 0. The van der Waals surface area contributed by atoms with E-state index >= 15 is 0 Å². The van der Waals surface area contributed by atoms with Crippen molar-refractivity contribution in [3.8, 4) is 0 Å². The van der Waals surface area contributed by atoms with Gasteiger partial charge < -0.3 is 49.2 Å². The van der Waals surface area contributed by atoms with Crippen LogP contribution < -0.4 is 69.9 Å². The van der Waals surface area contributed by atoms with E-state index in [-0.39, 0.29) is 108 Å². The number of halogens is 1. The molecule has 0 atom stereocenters. The first kappa shape index (κ1) is 37.4. The first-order chi connectivity index (χ1) is 3.46. The van der Waals surface area contributed by atoms with Crippen molar-refractivity contribution in [2.24, 2.45) is 0 Å². The van der Waals surface area contributed by atoms with Crippen LogP contribution in [-0.4, -0.2) is 47.9 Å². The summed E-state index contributed by atoms with van der Waals surface area (Å²) >= 11 is 0. The second-order valence-electron chi connectivity index (χ2n) is 0.447. The third-order valence-electron chi connectivity index (χ3n) is 0. The molecule has 0 amide bonds. The summed E-state index contributed by atoms with van der Waals surface area (Å²) in [5, 5.41) is 29.5. The van der Waals surface area contributed by atoms with E-state index in [1.54, 1.807) is 0 Å². The Hall–Kier alpha value is 1.55. The molecule has 0 aromatic rings. The molecule has 3 N–H and O–H groups in total. The van der Waals surface area contributed by atoms with E-state index in [1.807, 2.05) is 0 Å². The fraction of sp³-hybridized carbons (Fsp3) is 0. The molecule has 0 aromatic carbocycles. The Balaban J connectivity index is -0.0000000112. The second kappa shape index (κ2) is 29.4. The molecule has 9 nitrogen and oxygen atoms in total. The van der Waals surface area contributed by atoms with E-state index in [2.05, 4.69) is 0 Å². The van der Waals surface area contributed by atoms with Crippen LogP contribution in [0.25, 0.3) is 0 Å². The average Bonchev–Trinajstić information content (AvgIpc) is 1.25. The summed E-state index contributed by atoms with van der Waals surface area (Å²) in [5.41, 5.74) is 0. The molecule has 12 heteroatoms. The van der Waals surface area contributed by atoms with Gasteiger partial charge in [0.25, 0.3) is 0 Å². The molecule has 0 saturated carbocycles. The molecular formula is H3CaClKN3O6. The average molecular weight is 256 g/mol. The van der Waals surface area contributed by atoms with Crippen LogP contribution in [0.3, 0.4) is 0 Å². The monoisotopic (exact) mass is 255 g/mol. The van der Waals surface area contributed by atoms with Gasteiger partial charge in [-0.2, -0.15) is 0 Å². The van der Waals surface area contributed by atoms with Crippen molar-refractivity contribution in [3.63, 3.8) is 0 Å². The van der Waals surface area contributed by atoms with Crippen LogP contribution in [0.1, 0.15) is 0 Å². The SMILES string of the molecule is N.O=[N+]([O-])[O-].O=[N+]([O-])[O-].[Ca+2].[Cl-].[K+]. The molecule has 0 aliphatic rings. The van der Waals surface area contributed by atoms with Crippen molar-refractivity contribution >= 4 is 37.7 Å². The van der Waals surface area contributed by atoms with Crippen molar-refractivity contribution < 1.29 is 74.0 Å². The summed E-state index contributed by atoms with van der Waals surface area (Å²) in [6.07, 6.45) is 0. The minimum absolute atomic E-state index is 0. The van der Waals surface area contributed by atoms with Gasteiger partial charge in [0.15, 0.2) is 0 Å². The Labute approximate surface area is 146 Å². The molecule has 0 saturated heterocycles. The summed E-state index contributed by atoms with van der Waals surface area (Å²) in [6, 6.07) is 0. The van der Waals surface area contributed by atoms with Crippen molar-refractivity contribution in [1.82, 2.24) is 6.15 Å². The first-order valence-corrected chi connectivity index (χ1v) is 1.10. The van der Waals surface area contributed by atoms with Crippen molar-refractivity contribution in [2.45, 2.75) is 0 Å². The predicted molar refractivity (Wildman–Crippen MR) is 31.5 cm³/mol. The van der Waals surface area contributed by atoms with Crippen LogP contribution in [0.15, 0.2) is 0 Å². The van der Waals surface area contributed by atoms with Gasteiger partial charge in [-0.1, -0.05) is 0 Å². The van der Waals surface area contributed by atoms with Gasteiger partial charge in [-0.25, -0.2) is 0 Å². The summed E-state index contributed by atoms with van der Waals surface area (Å²) in [4.78, 5) is 16.5. The maximum absolute atomic E-state index is 8.25. The normalized spacial score (nSPS) is 4.00. The summed E-state index contributed by atoms with van der Waals surface area (Å²) in [6.45, 7) is 0. The molecule has 64 valence electrons. The molecule has 0 bridgehead atoms. The van der Waals surface area contributed by atoms with Crippen LogP contribution in [0.4, 0.5) is 0 Å². The van der Waals surface area contributed by atoms with Gasteiger partial charge in [-0.15, -0.1) is 0 Å². The van der Waals surface area contributed by atoms with Gasteiger partial charge in [0.1, 0.15) is 0 Å². The molecule has 0 heterocycles. The Morgan fingerprint density at radius 3 is 0.833 bits per heavy atom. The minimum Gasteiger partial charge on any atom is -1.00 e. The second-order valence-corrected chi connectivity index (χ2v) is 0.447. The van der Waals surface area contributed by atoms with Crippen LogP contribution >= 0.6 is 0 Å². The molecule has 0 radical (unpaired) electrons. The summed E-state index contributed by atoms with van der Waals surface area (Å²) < 4.78 is 0. The van der Waals surface area contributed by atoms with E-state index in [0.717, 1.165) is 0 Å². The van der Waals surface area contributed by atoms with Crippen molar-refractivity contribution in [1.29, 1.82) is 0 Å². The molecule has 0 rings (SSSR count). The molecule has 0 unspecified atom stereocenters. The number of hydrogen-bond acceptors (Lipinski definition) is 7. The maximum Gasteiger partial charge on any atom is 2.00 e. The van der Waals surface area contributed by atoms with Gasteiger partial charge in [0.05, 0.1) is 10.2 Å². The van der Waals surface area contributed by atoms with E-state index in [0.29, 0.717) is 0 Å². The van der Waals surface area contributed by atoms with Gasteiger partial charge in [-0.3, -0.25) is 0 Å². The van der Waals surface area contributed by atoms with Gasteiger partial charge >= 0.3 is 89.1 Å². The predicted octanol–water partition coefficient (Wildman–Crippen LogP) is -6.69. The zero-order valence-electron chi connectivity index (χ0n) is 6.14. The van der Waals surface area contributed by atoms with E-state index in [1.165, 1.54) is 0 Å². The minimum atomic E-state index is -1.75. The molecule has 0 fully saturated rings.